The van der Waals surface area contributed by atoms with Crippen molar-refractivity contribution in [2.24, 2.45) is 5.92 Å². The number of aldehydes is 1. The Morgan fingerprint density at radius 1 is 1.17 bits per heavy atom. The minimum absolute atomic E-state index is 0.270. The summed E-state index contributed by atoms with van der Waals surface area (Å²) in [6.07, 6.45) is 12.3. The highest BCUT2D eigenvalue weighted by Gasteiger charge is 2.18. The molecule has 0 saturated heterocycles. The molecular weight excluding hydrogens is 380 g/mol. The first-order chi connectivity index (χ1) is 14.8. The molecule has 0 unspecified atom stereocenters. The van der Waals surface area contributed by atoms with Crippen LogP contribution in [-0.4, -0.2) is 33.1 Å². The van der Waals surface area contributed by atoms with Crippen LogP contribution < -0.4 is 9.47 Å². The van der Waals surface area contributed by atoms with E-state index in [4.69, 9.17) is 9.47 Å². The van der Waals surface area contributed by atoms with Crippen molar-refractivity contribution in [2.45, 2.75) is 45.3 Å². The lowest BCUT2D eigenvalue weighted by Crippen LogP contribution is -2.16. The summed E-state index contributed by atoms with van der Waals surface area (Å²) in [5.74, 6) is 1.45. The van der Waals surface area contributed by atoms with E-state index < -0.39 is 0 Å². The zero-order chi connectivity index (χ0) is 20.8. The van der Waals surface area contributed by atoms with E-state index in [0.29, 0.717) is 23.1 Å². The number of nitrogens with zero attached hydrogens (tertiary/aromatic N) is 4. The van der Waals surface area contributed by atoms with Gasteiger partial charge in [0.15, 0.2) is 6.29 Å². The number of aromatic nitrogens is 4. The van der Waals surface area contributed by atoms with Crippen LogP contribution in [0, 0.1) is 5.92 Å². The second-order valence-corrected chi connectivity index (χ2v) is 7.58. The highest BCUT2D eigenvalue weighted by molar-refractivity contribution is 5.79. The second kappa shape index (κ2) is 9.52. The van der Waals surface area contributed by atoms with Gasteiger partial charge in [-0.05, 0) is 30.9 Å². The molecule has 1 aliphatic rings. The van der Waals surface area contributed by atoms with Gasteiger partial charge >= 0.3 is 0 Å². The Morgan fingerprint density at radius 2 is 2.03 bits per heavy atom. The van der Waals surface area contributed by atoms with Gasteiger partial charge in [-0.1, -0.05) is 25.3 Å². The molecule has 0 atom stereocenters. The number of carbonyl (C=O) groups is 1. The molecule has 0 spiro atoms. The Kier molecular flexibility index (Phi) is 6.37. The molecule has 0 amide bonds. The quantitative estimate of drug-likeness (QED) is 0.518. The van der Waals surface area contributed by atoms with Crippen LogP contribution in [0.15, 0.2) is 42.9 Å². The minimum Gasteiger partial charge on any atom is -0.486 e. The van der Waals surface area contributed by atoms with Crippen molar-refractivity contribution < 1.29 is 14.3 Å². The normalized spacial score (nSPS) is 14.4. The van der Waals surface area contributed by atoms with Crippen molar-refractivity contribution in [3.63, 3.8) is 0 Å². The standard InChI is InChI=1S/C23H26N4O3/c1-29-22-12-19(15-28)21(13-25-22)30-16-18-8-5-10-24-23(18)20-9-11-26-27(20)14-17-6-3-2-4-7-17/h5,8-13,15,17H,2-4,6-7,14,16H2,1H3. The summed E-state index contributed by atoms with van der Waals surface area (Å²) in [4.78, 5) is 20.2. The van der Waals surface area contributed by atoms with Crippen molar-refractivity contribution in [1.82, 2.24) is 19.7 Å². The zero-order valence-corrected chi connectivity index (χ0v) is 17.2. The third-order valence-corrected chi connectivity index (χ3v) is 5.60. The van der Waals surface area contributed by atoms with Crippen LogP contribution in [-0.2, 0) is 13.2 Å². The number of ether oxygens (including phenoxy) is 2. The molecule has 4 rings (SSSR count). The number of rotatable bonds is 8. The van der Waals surface area contributed by atoms with Crippen molar-refractivity contribution in [3.05, 3.63) is 54.0 Å². The van der Waals surface area contributed by atoms with Crippen LogP contribution in [0.5, 0.6) is 11.6 Å². The summed E-state index contributed by atoms with van der Waals surface area (Å²) in [6, 6.07) is 7.43. The summed E-state index contributed by atoms with van der Waals surface area (Å²) < 4.78 is 13.1. The average Bonchev–Trinajstić information content (AvgIpc) is 3.26. The van der Waals surface area contributed by atoms with E-state index in [2.05, 4.69) is 19.7 Å². The van der Waals surface area contributed by atoms with Gasteiger partial charge in [0, 0.05) is 30.6 Å². The van der Waals surface area contributed by atoms with E-state index in [9.17, 15) is 4.79 Å². The van der Waals surface area contributed by atoms with Gasteiger partial charge in [-0.2, -0.15) is 5.10 Å². The molecule has 1 saturated carbocycles. The maximum absolute atomic E-state index is 11.4. The average molecular weight is 406 g/mol. The van der Waals surface area contributed by atoms with Crippen LogP contribution in [0.25, 0.3) is 11.4 Å². The largest absolute Gasteiger partial charge is 0.486 e. The van der Waals surface area contributed by atoms with Gasteiger partial charge in [0.1, 0.15) is 12.4 Å². The Morgan fingerprint density at radius 3 is 2.83 bits per heavy atom. The Hall–Kier alpha value is -3.22. The highest BCUT2D eigenvalue weighted by atomic mass is 16.5. The van der Waals surface area contributed by atoms with Crippen molar-refractivity contribution >= 4 is 6.29 Å². The molecule has 3 heterocycles. The van der Waals surface area contributed by atoms with Gasteiger partial charge in [0.2, 0.25) is 5.88 Å². The van der Waals surface area contributed by atoms with Gasteiger partial charge < -0.3 is 9.47 Å². The maximum Gasteiger partial charge on any atom is 0.213 e. The molecule has 0 N–H and O–H groups in total. The third kappa shape index (κ3) is 4.50. The summed E-state index contributed by atoms with van der Waals surface area (Å²) in [5, 5.41) is 4.56. The number of carbonyl (C=O) groups excluding carboxylic acids is 1. The van der Waals surface area contributed by atoms with Crippen LogP contribution in [0.2, 0.25) is 0 Å². The fourth-order valence-corrected chi connectivity index (χ4v) is 4.00. The van der Waals surface area contributed by atoms with Crippen molar-refractivity contribution in [3.8, 4) is 23.0 Å². The van der Waals surface area contributed by atoms with E-state index in [1.165, 1.54) is 45.4 Å². The number of pyridine rings is 2. The summed E-state index contributed by atoms with van der Waals surface area (Å²) in [7, 11) is 1.51. The van der Waals surface area contributed by atoms with E-state index in [0.717, 1.165) is 29.8 Å². The van der Waals surface area contributed by atoms with Crippen LogP contribution in [0.4, 0.5) is 0 Å². The predicted octanol–water partition coefficient (Wildman–Crippen LogP) is 4.32. The molecule has 1 aliphatic carbocycles. The predicted molar refractivity (Wildman–Crippen MR) is 113 cm³/mol. The summed E-state index contributed by atoms with van der Waals surface area (Å²) >= 11 is 0. The number of hydrogen-bond donors (Lipinski definition) is 0. The van der Waals surface area contributed by atoms with Crippen LogP contribution >= 0.6 is 0 Å². The minimum atomic E-state index is 0.270. The molecule has 3 aromatic rings. The molecule has 0 bridgehead atoms. The maximum atomic E-state index is 11.4. The highest BCUT2D eigenvalue weighted by Crippen LogP contribution is 2.28. The van der Waals surface area contributed by atoms with Gasteiger partial charge in [0.25, 0.3) is 0 Å². The zero-order valence-electron chi connectivity index (χ0n) is 17.2. The molecule has 3 aromatic heterocycles. The topological polar surface area (TPSA) is 79.1 Å². The third-order valence-electron chi connectivity index (χ3n) is 5.60. The van der Waals surface area contributed by atoms with E-state index >= 15 is 0 Å². The molecule has 156 valence electrons. The Balaban J connectivity index is 1.54. The lowest BCUT2D eigenvalue weighted by molar-refractivity contribution is 0.111. The van der Waals surface area contributed by atoms with Gasteiger partial charge in [-0.15, -0.1) is 0 Å². The molecule has 0 aromatic carbocycles. The molecule has 1 fully saturated rings. The molecule has 7 nitrogen and oxygen atoms in total. The summed E-state index contributed by atoms with van der Waals surface area (Å²) in [5.41, 5.74) is 3.16. The van der Waals surface area contributed by atoms with Gasteiger partial charge in [-0.25, -0.2) is 4.98 Å². The first kappa shape index (κ1) is 20.1. The van der Waals surface area contributed by atoms with Gasteiger partial charge in [-0.3, -0.25) is 14.5 Å². The monoisotopic (exact) mass is 406 g/mol. The van der Waals surface area contributed by atoms with E-state index in [1.807, 2.05) is 24.4 Å². The van der Waals surface area contributed by atoms with E-state index in [-0.39, 0.29) is 6.61 Å². The molecule has 7 heteroatoms. The van der Waals surface area contributed by atoms with Crippen LogP contribution in [0.1, 0.15) is 48.0 Å². The fourth-order valence-electron chi connectivity index (χ4n) is 4.00. The second-order valence-electron chi connectivity index (χ2n) is 7.58. The first-order valence-electron chi connectivity index (χ1n) is 10.4. The van der Waals surface area contributed by atoms with Crippen LogP contribution in [0.3, 0.4) is 0 Å². The van der Waals surface area contributed by atoms with E-state index in [1.54, 1.807) is 12.3 Å². The lowest BCUT2D eigenvalue weighted by Gasteiger charge is -2.22. The fraction of sp³-hybridized carbons (Fsp3) is 0.391. The summed E-state index contributed by atoms with van der Waals surface area (Å²) in [6.45, 7) is 1.18. The van der Waals surface area contributed by atoms with Crippen molar-refractivity contribution in [2.75, 3.05) is 7.11 Å². The number of hydrogen-bond acceptors (Lipinski definition) is 6. The van der Waals surface area contributed by atoms with Gasteiger partial charge in [0.05, 0.1) is 30.3 Å². The molecular formula is C23H26N4O3. The lowest BCUT2D eigenvalue weighted by atomic mass is 9.89. The smallest absolute Gasteiger partial charge is 0.213 e. The number of methoxy groups -OCH3 is 1. The first-order valence-corrected chi connectivity index (χ1v) is 10.4. The Bertz CT molecular complexity index is 996. The SMILES string of the molecule is COc1cc(C=O)c(OCc2cccnc2-c2ccnn2CC2CCCCC2)cn1. The van der Waals surface area contributed by atoms with Crippen molar-refractivity contribution in [1.29, 1.82) is 0 Å². The molecule has 30 heavy (non-hydrogen) atoms. The molecule has 0 radical (unpaired) electrons. The Labute approximate surface area is 176 Å². The molecule has 0 aliphatic heterocycles.